The Bertz CT molecular complexity index is 999. The zero-order valence-corrected chi connectivity index (χ0v) is 13.3. The van der Waals surface area contributed by atoms with Gasteiger partial charge in [-0.2, -0.15) is 0 Å². The van der Waals surface area contributed by atoms with Crippen molar-refractivity contribution in [3.63, 3.8) is 0 Å². The van der Waals surface area contributed by atoms with Crippen molar-refractivity contribution < 1.29 is 0 Å². The van der Waals surface area contributed by atoms with E-state index < -0.39 is 0 Å². The van der Waals surface area contributed by atoms with Gasteiger partial charge in [0, 0.05) is 22.5 Å². The fraction of sp³-hybridized carbons (Fsp3) is 0.235. The third-order valence-electron chi connectivity index (χ3n) is 3.56. The summed E-state index contributed by atoms with van der Waals surface area (Å²) in [6.45, 7) is 8.01. The van der Waals surface area contributed by atoms with Gasteiger partial charge in [0.15, 0.2) is 0 Å². The number of hydrogen-bond donors (Lipinski definition) is 0. The van der Waals surface area contributed by atoms with E-state index in [1.54, 1.807) is 22.8 Å². The minimum absolute atomic E-state index is 0.0887. The average molecular weight is 312 g/mol. The monoisotopic (exact) mass is 312 g/mol. The quantitative estimate of drug-likeness (QED) is 0.551. The Morgan fingerprint density at radius 2 is 2.05 bits per heavy atom. The Morgan fingerprint density at radius 3 is 2.73 bits per heavy atom. The molecule has 0 bridgehead atoms. The lowest BCUT2D eigenvalue weighted by molar-refractivity contribution is 0.644. The first-order valence-electron chi connectivity index (χ1n) is 7.11. The van der Waals surface area contributed by atoms with Gasteiger partial charge in [-0.1, -0.05) is 32.1 Å². The van der Waals surface area contributed by atoms with Crippen LogP contribution in [0.2, 0.25) is 0 Å². The molecule has 0 radical (unpaired) electrons. The van der Waals surface area contributed by atoms with Gasteiger partial charge >= 0.3 is 0 Å². The molecule has 3 rings (SSSR count). The van der Waals surface area contributed by atoms with E-state index in [4.69, 9.17) is 0 Å². The molecule has 0 saturated carbocycles. The number of nitrogens with zero attached hydrogens (tertiary/aromatic N) is 2. The van der Waals surface area contributed by atoms with Gasteiger partial charge in [0.25, 0.3) is 5.56 Å². The highest BCUT2D eigenvalue weighted by Crippen LogP contribution is 2.23. The first-order chi connectivity index (χ1) is 10.5. The standard InChI is InChI=1S/C17H16N2O2S/c1-4-9-19-15(10(2)3)18-16-13(17(19)21)14(20)11-7-5-6-8-12(11)22-16/h4-8,10H,1,9H2,2-3H3. The Hall–Kier alpha value is -2.27. The van der Waals surface area contributed by atoms with E-state index in [9.17, 15) is 9.59 Å². The summed E-state index contributed by atoms with van der Waals surface area (Å²) in [5, 5.41) is 0.747. The maximum atomic E-state index is 12.8. The van der Waals surface area contributed by atoms with Crippen LogP contribution in [0.3, 0.4) is 0 Å². The van der Waals surface area contributed by atoms with Crippen LogP contribution in [0.5, 0.6) is 0 Å². The predicted octanol–water partition coefficient (Wildman–Crippen LogP) is 3.28. The normalized spacial score (nSPS) is 11.4. The number of allylic oxidation sites excluding steroid dienone is 1. The lowest BCUT2D eigenvalue weighted by Crippen LogP contribution is -2.28. The smallest absolute Gasteiger partial charge is 0.266 e. The summed E-state index contributed by atoms with van der Waals surface area (Å²) >= 11 is 1.39. The molecule has 0 unspecified atom stereocenters. The van der Waals surface area contributed by atoms with Crippen molar-refractivity contribution in [3.05, 3.63) is 63.3 Å². The molecule has 0 fully saturated rings. The first-order valence-corrected chi connectivity index (χ1v) is 7.93. The van der Waals surface area contributed by atoms with Gasteiger partial charge in [0.2, 0.25) is 5.43 Å². The van der Waals surface area contributed by atoms with Crippen LogP contribution in [0.25, 0.3) is 20.3 Å². The Kier molecular flexibility index (Phi) is 3.66. The lowest BCUT2D eigenvalue weighted by Gasteiger charge is -2.14. The molecule has 112 valence electrons. The van der Waals surface area contributed by atoms with Crippen molar-refractivity contribution in [2.75, 3.05) is 0 Å². The molecule has 2 heterocycles. The second-order valence-corrected chi connectivity index (χ2v) is 6.47. The topological polar surface area (TPSA) is 52.0 Å². The van der Waals surface area contributed by atoms with Crippen LogP contribution in [-0.4, -0.2) is 9.55 Å². The van der Waals surface area contributed by atoms with Crippen molar-refractivity contribution in [2.24, 2.45) is 0 Å². The Morgan fingerprint density at radius 1 is 1.32 bits per heavy atom. The van der Waals surface area contributed by atoms with Crippen molar-refractivity contribution in [1.82, 2.24) is 9.55 Å². The molecule has 0 aliphatic carbocycles. The molecule has 0 aliphatic rings. The van der Waals surface area contributed by atoms with E-state index in [0.29, 0.717) is 22.6 Å². The second kappa shape index (κ2) is 5.50. The van der Waals surface area contributed by atoms with Crippen LogP contribution >= 0.6 is 11.3 Å². The molecule has 0 N–H and O–H groups in total. The lowest BCUT2D eigenvalue weighted by atomic mass is 10.2. The Balaban J connectivity index is 2.55. The van der Waals surface area contributed by atoms with E-state index >= 15 is 0 Å². The van der Waals surface area contributed by atoms with Gasteiger partial charge < -0.3 is 0 Å². The van der Waals surface area contributed by atoms with Gasteiger partial charge in [0.05, 0.1) is 0 Å². The van der Waals surface area contributed by atoms with Gasteiger partial charge in [-0.3, -0.25) is 14.2 Å². The summed E-state index contributed by atoms with van der Waals surface area (Å²) in [4.78, 5) is 30.6. The third-order valence-corrected chi connectivity index (χ3v) is 4.62. The molecular formula is C17H16N2O2S. The number of benzene rings is 1. The molecule has 3 aromatic rings. The molecule has 0 saturated heterocycles. The summed E-state index contributed by atoms with van der Waals surface area (Å²) in [6.07, 6.45) is 1.65. The van der Waals surface area contributed by atoms with E-state index in [-0.39, 0.29) is 22.3 Å². The van der Waals surface area contributed by atoms with Gasteiger partial charge in [-0.15, -0.1) is 17.9 Å². The molecular weight excluding hydrogens is 296 g/mol. The highest BCUT2D eigenvalue weighted by Gasteiger charge is 2.17. The van der Waals surface area contributed by atoms with Gasteiger partial charge in [-0.05, 0) is 12.1 Å². The summed E-state index contributed by atoms with van der Waals surface area (Å²) < 4.78 is 2.39. The predicted molar refractivity (Wildman–Crippen MR) is 91.9 cm³/mol. The fourth-order valence-corrected chi connectivity index (χ4v) is 3.59. The largest absolute Gasteiger partial charge is 0.292 e. The Labute approximate surface area is 131 Å². The molecule has 2 aromatic heterocycles. The zero-order valence-electron chi connectivity index (χ0n) is 12.5. The van der Waals surface area contributed by atoms with Crippen LogP contribution in [0.4, 0.5) is 0 Å². The molecule has 0 aliphatic heterocycles. The average Bonchev–Trinajstić information content (AvgIpc) is 2.49. The van der Waals surface area contributed by atoms with Crippen LogP contribution in [0, 0.1) is 0 Å². The highest BCUT2D eigenvalue weighted by molar-refractivity contribution is 7.24. The fourth-order valence-electron chi connectivity index (χ4n) is 2.55. The van der Waals surface area contributed by atoms with Crippen LogP contribution in [-0.2, 0) is 6.54 Å². The second-order valence-electron chi connectivity index (χ2n) is 5.44. The van der Waals surface area contributed by atoms with Gasteiger partial charge in [-0.25, -0.2) is 4.98 Å². The van der Waals surface area contributed by atoms with Crippen LogP contribution in [0.1, 0.15) is 25.6 Å². The van der Waals surface area contributed by atoms with Crippen LogP contribution < -0.4 is 11.0 Å². The van der Waals surface area contributed by atoms with Gasteiger partial charge in [0.1, 0.15) is 16.0 Å². The van der Waals surface area contributed by atoms with Crippen molar-refractivity contribution in [3.8, 4) is 0 Å². The van der Waals surface area contributed by atoms with Crippen molar-refractivity contribution in [1.29, 1.82) is 0 Å². The first kappa shape index (κ1) is 14.7. The summed E-state index contributed by atoms with van der Waals surface area (Å²) in [7, 11) is 0. The minimum Gasteiger partial charge on any atom is -0.292 e. The molecule has 5 heteroatoms. The van der Waals surface area contributed by atoms with E-state index in [2.05, 4.69) is 11.6 Å². The van der Waals surface area contributed by atoms with E-state index in [1.165, 1.54) is 11.3 Å². The molecule has 22 heavy (non-hydrogen) atoms. The summed E-state index contributed by atoms with van der Waals surface area (Å²) in [5.41, 5.74) is -0.518. The molecule has 0 spiro atoms. The number of rotatable bonds is 3. The summed E-state index contributed by atoms with van der Waals surface area (Å²) in [5.74, 6) is 0.772. The van der Waals surface area contributed by atoms with Crippen molar-refractivity contribution in [2.45, 2.75) is 26.3 Å². The molecule has 4 nitrogen and oxygen atoms in total. The maximum Gasteiger partial charge on any atom is 0.266 e. The highest BCUT2D eigenvalue weighted by atomic mass is 32.1. The minimum atomic E-state index is -0.277. The van der Waals surface area contributed by atoms with Crippen LogP contribution in [0.15, 0.2) is 46.5 Å². The number of aromatic nitrogens is 2. The molecule has 0 amide bonds. The van der Waals surface area contributed by atoms with Crippen molar-refractivity contribution >= 4 is 31.6 Å². The van der Waals surface area contributed by atoms with E-state index in [1.807, 2.05) is 26.0 Å². The van der Waals surface area contributed by atoms with E-state index in [0.717, 1.165) is 4.70 Å². The molecule has 1 aromatic carbocycles. The maximum absolute atomic E-state index is 12.8. The number of hydrogen-bond acceptors (Lipinski definition) is 4. The summed E-state index contributed by atoms with van der Waals surface area (Å²) in [6, 6.07) is 7.32. The number of fused-ring (bicyclic) bond motifs is 2. The SMILES string of the molecule is C=CCn1c(C(C)C)nc2sc3ccccc3c(=O)c2c1=O. The third kappa shape index (κ3) is 2.18. The molecule has 0 atom stereocenters. The zero-order chi connectivity index (χ0) is 15.9.